The summed E-state index contributed by atoms with van der Waals surface area (Å²) in [5.74, 6) is 3.48. The number of hydrogen-bond donors (Lipinski definition) is 0. The van der Waals surface area contributed by atoms with Gasteiger partial charge in [-0.3, -0.25) is 0 Å². The maximum atomic E-state index is 2.31. The Labute approximate surface area is 108 Å². The summed E-state index contributed by atoms with van der Waals surface area (Å²) in [7, 11) is 4.32. The van der Waals surface area contributed by atoms with Crippen LogP contribution in [-0.2, 0) is 0 Å². The van der Waals surface area contributed by atoms with E-state index in [0.717, 1.165) is 0 Å². The Kier molecular flexibility index (Phi) is 4.90. The van der Waals surface area contributed by atoms with E-state index < -0.39 is 0 Å². The van der Waals surface area contributed by atoms with Crippen LogP contribution in [0.5, 0.6) is 0 Å². The molecule has 90 valence electrons. The van der Waals surface area contributed by atoms with Crippen LogP contribution in [0.25, 0.3) is 0 Å². The third-order valence-corrected chi connectivity index (χ3v) is 3.53. The lowest BCUT2D eigenvalue weighted by Crippen LogP contribution is -2.35. The lowest BCUT2D eigenvalue weighted by molar-refractivity contribution is 0.274. The largest absolute Gasteiger partial charge is 0.306 e. The normalized spacial score (nSPS) is 26.8. The van der Waals surface area contributed by atoms with Gasteiger partial charge < -0.3 is 4.90 Å². The molecule has 0 saturated heterocycles. The first-order valence-corrected chi connectivity index (χ1v) is 6.28. The minimum absolute atomic E-state index is 0.509. The van der Waals surface area contributed by atoms with E-state index in [4.69, 9.17) is 0 Å². The van der Waals surface area contributed by atoms with E-state index in [1.54, 1.807) is 0 Å². The van der Waals surface area contributed by atoms with E-state index in [-0.39, 0.29) is 0 Å². The smallest absolute Gasteiger partial charge is 0.0160 e. The SMILES string of the molecule is C[C@H](C[C@H]([C]1[CH][CH][CH][CH]1)N(C)C)[C]1[CH][CH][CH][CH]1. The monoisotopic (exact) mass is 227 g/mol. The van der Waals surface area contributed by atoms with Gasteiger partial charge in [-0.05, 0) is 83.7 Å². The lowest BCUT2D eigenvalue weighted by Gasteiger charge is -2.33. The van der Waals surface area contributed by atoms with Gasteiger partial charge in [0.05, 0.1) is 0 Å². The van der Waals surface area contributed by atoms with Gasteiger partial charge >= 0.3 is 0 Å². The lowest BCUT2D eigenvalue weighted by atomic mass is 9.82. The van der Waals surface area contributed by atoms with Crippen molar-refractivity contribution < 1.29 is 0 Å². The molecule has 2 rings (SSSR count). The molecular weight excluding hydrogens is 206 g/mol. The van der Waals surface area contributed by atoms with Crippen molar-refractivity contribution >= 4 is 0 Å². The summed E-state index contributed by atoms with van der Waals surface area (Å²) in [6.45, 7) is 2.31. The molecule has 2 saturated carbocycles. The highest BCUT2D eigenvalue weighted by Crippen LogP contribution is 2.37. The van der Waals surface area contributed by atoms with Crippen LogP contribution in [0.2, 0.25) is 0 Å². The molecule has 1 heteroatoms. The zero-order valence-corrected chi connectivity index (χ0v) is 10.9. The fourth-order valence-corrected chi connectivity index (χ4v) is 2.44. The molecule has 0 unspecified atom stereocenters. The molecule has 0 amide bonds. The standard InChI is InChI=1S/C16H21N/c1-13(14-8-4-5-9-14)12-16(17(2)3)15-10-6-7-11-15/h4-11,13,16H,12H2,1-3H3/t13-,16-/m1/s1. The Morgan fingerprint density at radius 1 is 0.882 bits per heavy atom. The number of hydrogen-bond acceptors (Lipinski definition) is 1. The third kappa shape index (κ3) is 3.47. The Balaban J connectivity index is 1.87. The van der Waals surface area contributed by atoms with E-state index in [2.05, 4.69) is 77.3 Å². The van der Waals surface area contributed by atoms with Crippen LogP contribution >= 0.6 is 0 Å². The van der Waals surface area contributed by atoms with Crippen LogP contribution in [0.4, 0.5) is 0 Å². The zero-order valence-electron chi connectivity index (χ0n) is 10.9. The summed E-state index contributed by atoms with van der Waals surface area (Å²) in [6, 6.07) is 0.509. The van der Waals surface area contributed by atoms with E-state index in [1.807, 2.05) is 0 Å². The third-order valence-electron chi connectivity index (χ3n) is 3.53. The zero-order chi connectivity index (χ0) is 12.3. The Morgan fingerprint density at radius 3 is 1.82 bits per heavy atom. The average molecular weight is 227 g/mol. The molecule has 0 heterocycles. The highest BCUT2D eigenvalue weighted by molar-refractivity contribution is 5.40. The van der Waals surface area contributed by atoms with Gasteiger partial charge in [0.25, 0.3) is 0 Å². The van der Waals surface area contributed by atoms with Crippen LogP contribution in [0, 0.1) is 69.1 Å². The Hall–Kier alpha value is -0.0400. The van der Waals surface area contributed by atoms with Gasteiger partial charge in [0, 0.05) is 12.0 Å². The van der Waals surface area contributed by atoms with E-state index in [1.165, 1.54) is 18.3 Å². The van der Waals surface area contributed by atoms with Crippen LogP contribution in [0.3, 0.4) is 0 Å². The maximum absolute atomic E-state index is 2.31. The second kappa shape index (κ2) is 6.22. The van der Waals surface area contributed by atoms with Crippen LogP contribution in [0.15, 0.2) is 0 Å². The maximum Gasteiger partial charge on any atom is 0.0160 e. The van der Waals surface area contributed by atoms with Gasteiger partial charge in [0.1, 0.15) is 0 Å². The van der Waals surface area contributed by atoms with Crippen LogP contribution in [0.1, 0.15) is 13.3 Å². The van der Waals surface area contributed by atoms with Crippen molar-refractivity contribution in [1.82, 2.24) is 4.90 Å². The van der Waals surface area contributed by atoms with Crippen molar-refractivity contribution in [1.29, 1.82) is 0 Å². The van der Waals surface area contributed by atoms with E-state index in [9.17, 15) is 0 Å². The summed E-state index contributed by atoms with van der Waals surface area (Å²) < 4.78 is 0. The molecule has 0 aliphatic heterocycles. The van der Waals surface area contributed by atoms with Gasteiger partial charge in [-0.15, -0.1) is 0 Å². The van der Waals surface area contributed by atoms with Crippen molar-refractivity contribution in [2.24, 2.45) is 5.92 Å². The first kappa shape index (κ1) is 13.4. The van der Waals surface area contributed by atoms with Crippen molar-refractivity contribution in [3.63, 3.8) is 0 Å². The second-order valence-electron chi connectivity index (χ2n) is 5.05. The van der Waals surface area contributed by atoms with Crippen LogP contribution in [-0.4, -0.2) is 25.0 Å². The number of rotatable bonds is 5. The molecule has 0 aromatic heterocycles. The van der Waals surface area contributed by atoms with Gasteiger partial charge in [-0.1, -0.05) is 6.92 Å². The molecule has 2 fully saturated rings. The summed E-state index contributed by atoms with van der Waals surface area (Å²) >= 11 is 0. The summed E-state index contributed by atoms with van der Waals surface area (Å²) in [5, 5.41) is 0. The molecular formula is C16H21N. The quantitative estimate of drug-likeness (QED) is 0.698. The molecule has 1 nitrogen and oxygen atoms in total. The minimum Gasteiger partial charge on any atom is -0.306 e. The highest BCUT2D eigenvalue weighted by atomic mass is 15.1. The predicted molar refractivity (Wildman–Crippen MR) is 72.1 cm³/mol. The Bertz CT molecular complexity index is 212. The van der Waals surface area contributed by atoms with Crippen molar-refractivity contribution in [2.45, 2.75) is 19.4 Å². The highest BCUT2D eigenvalue weighted by Gasteiger charge is 2.32. The van der Waals surface area contributed by atoms with Crippen molar-refractivity contribution in [3.05, 3.63) is 63.2 Å². The van der Waals surface area contributed by atoms with Crippen molar-refractivity contribution in [2.75, 3.05) is 14.1 Å². The molecule has 2 aliphatic rings. The molecule has 2 aliphatic carbocycles. The van der Waals surface area contributed by atoms with Crippen molar-refractivity contribution in [3.8, 4) is 0 Å². The van der Waals surface area contributed by atoms with Gasteiger partial charge in [-0.2, -0.15) is 0 Å². The molecule has 17 heavy (non-hydrogen) atoms. The first-order chi connectivity index (χ1) is 8.18. The van der Waals surface area contributed by atoms with Gasteiger partial charge in [-0.25, -0.2) is 0 Å². The molecule has 0 aromatic rings. The number of nitrogens with zero attached hydrogens (tertiary/aromatic N) is 1. The first-order valence-electron chi connectivity index (χ1n) is 6.28. The predicted octanol–water partition coefficient (Wildman–Crippen LogP) is 2.75. The minimum atomic E-state index is 0.509. The topological polar surface area (TPSA) is 3.24 Å². The van der Waals surface area contributed by atoms with Gasteiger partial charge in [0.2, 0.25) is 0 Å². The fraction of sp³-hybridized carbons (Fsp3) is 0.375. The summed E-state index contributed by atoms with van der Waals surface area (Å²) in [5.41, 5.74) is 0. The van der Waals surface area contributed by atoms with E-state index >= 15 is 0 Å². The molecule has 2 atom stereocenters. The van der Waals surface area contributed by atoms with Gasteiger partial charge in [0.15, 0.2) is 0 Å². The molecule has 0 aromatic carbocycles. The molecule has 0 bridgehead atoms. The molecule has 0 spiro atoms. The molecule has 10 radical (unpaired) electrons. The van der Waals surface area contributed by atoms with E-state index in [0.29, 0.717) is 12.0 Å². The molecule has 0 N–H and O–H groups in total. The average Bonchev–Trinajstić information content (AvgIpc) is 2.97. The fourth-order valence-electron chi connectivity index (χ4n) is 2.44. The summed E-state index contributed by atoms with van der Waals surface area (Å²) in [6.07, 6.45) is 18.6. The summed E-state index contributed by atoms with van der Waals surface area (Å²) in [4.78, 5) is 2.31. The second-order valence-corrected chi connectivity index (χ2v) is 5.05. The Morgan fingerprint density at radius 2 is 1.35 bits per heavy atom. The van der Waals surface area contributed by atoms with Crippen LogP contribution < -0.4 is 0 Å².